The van der Waals surface area contributed by atoms with Crippen LogP contribution in [0.15, 0.2) is 12.1 Å². The van der Waals surface area contributed by atoms with E-state index in [2.05, 4.69) is 5.23 Å². The Labute approximate surface area is 85.9 Å². The molecule has 1 N–H and O–H groups in total. The number of benzene rings is 1. The highest BCUT2D eigenvalue weighted by molar-refractivity contribution is 6.05. The van der Waals surface area contributed by atoms with Crippen LogP contribution in [0, 0.1) is 17.5 Å². The van der Waals surface area contributed by atoms with Crippen molar-refractivity contribution in [3.63, 3.8) is 0 Å². The predicted molar refractivity (Wildman–Crippen MR) is 51.6 cm³/mol. The molecule has 0 saturated heterocycles. The summed E-state index contributed by atoms with van der Waals surface area (Å²) in [5.74, 6) is -3.20. The summed E-state index contributed by atoms with van der Waals surface area (Å²) in [5.41, 5.74) is -0.0275. The van der Waals surface area contributed by atoms with Gasteiger partial charge in [-0.25, -0.2) is 13.2 Å². The standard InChI is InChI=1S/C9H9BF3NO/c10-14-6(4-15)1-5-2-8(12)9(13)3-7(5)11/h2-4,6,14H,1,10H2/t6-/m1/s1. The van der Waals surface area contributed by atoms with Gasteiger partial charge in [0, 0.05) is 6.07 Å². The van der Waals surface area contributed by atoms with Crippen LogP contribution in [0.1, 0.15) is 5.56 Å². The maximum Gasteiger partial charge on any atom is 0.182 e. The fraction of sp³-hybridized carbons (Fsp3) is 0.222. The Bertz CT molecular complexity index is 373. The molecule has 0 heterocycles. The Kier molecular flexibility index (Phi) is 3.91. The fourth-order valence-electron chi connectivity index (χ4n) is 1.18. The molecule has 0 aliphatic carbocycles. The van der Waals surface area contributed by atoms with Crippen molar-refractivity contribution in [2.75, 3.05) is 0 Å². The molecule has 2 nitrogen and oxygen atoms in total. The Morgan fingerprint density at radius 3 is 2.40 bits per heavy atom. The highest BCUT2D eigenvalue weighted by Crippen LogP contribution is 2.14. The zero-order chi connectivity index (χ0) is 11.4. The number of carbonyl (C=O) groups is 1. The molecule has 0 saturated carbocycles. The number of aldehydes is 1. The molecule has 0 amide bonds. The van der Waals surface area contributed by atoms with Gasteiger partial charge in [0.05, 0.1) is 6.04 Å². The first-order chi connectivity index (χ1) is 7.08. The minimum absolute atomic E-state index is 0.0109. The third-order valence-electron chi connectivity index (χ3n) is 2.06. The highest BCUT2D eigenvalue weighted by atomic mass is 19.2. The average molecular weight is 215 g/mol. The largest absolute Gasteiger partial charge is 0.353 e. The third-order valence-corrected chi connectivity index (χ3v) is 2.06. The number of hydrogen-bond acceptors (Lipinski definition) is 2. The molecule has 0 unspecified atom stereocenters. The van der Waals surface area contributed by atoms with E-state index in [1.54, 1.807) is 0 Å². The van der Waals surface area contributed by atoms with Gasteiger partial charge in [0.25, 0.3) is 0 Å². The van der Waals surface area contributed by atoms with Crippen LogP contribution in [0.4, 0.5) is 13.2 Å². The molecule has 0 spiro atoms. The summed E-state index contributed by atoms with van der Waals surface area (Å²) < 4.78 is 38.4. The van der Waals surface area contributed by atoms with Crippen LogP contribution in [0.5, 0.6) is 0 Å². The van der Waals surface area contributed by atoms with Gasteiger partial charge < -0.3 is 10.0 Å². The molecular formula is C9H9BF3NO. The summed E-state index contributed by atoms with van der Waals surface area (Å²) in [5, 5.41) is 2.61. The third kappa shape index (κ3) is 2.82. The van der Waals surface area contributed by atoms with Crippen LogP contribution in [0.2, 0.25) is 0 Å². The van der Waals surface area contributed by atoms with Crippen molar-refractivity contribution in [1.82, 2.24) is 5.23 Å². The normalized spacial score (nSPS) is 12.5. The number of rotatable bonds is 4. The second kappa shape index (κ2) is 4.98. The Morgan fingerprint density at radius 1 is 1.27 bits per heavy atom. The molecule has 80 valence electrons. The number of halogens is 3. The van der Waals surface area contributed by atoms with Gasteiger partial charge in [-0.1, -0.05) is 0 Å². The minimum Gasteiger partial charge on any atom is -0.353 e. The van der Waals surface area contributed by atoms with Crippen molar-refractivity contribution in [2.45, 2.75) is 12.5 Å². The van der Waals surface area contributed by atoms with E-state index in [0.717, 1.165) is 6.07 Å². The van der Waals surface area contributed by atoms with Crippen LogP contribution in [0.25, 0.3) is 0 Å². The molecule has 0 aliphatic rings. The van der Waals surface area contributed by atoms with Gasteiger partial charge in [-0.3, -0.25) is 0 Å². The maximum absolute atomic E-state index is 13.1. The van der Waals surface area contributed by atoms with Gasteiger partial charge in [0.15, 0.2) is 19.6 Å². The lowest BCUT2D eigenvalue weighted by Gasteiger charge is -2.10. The van der Waals surface area contributed by atoms with E-state index in [4.69, 9.17) is 0 Å². The molecule has 0 fully saturated rings. The van der Waals surface area contributed by atoms with Crippen LogP contribution < -0.4 is 5.23 Å². The van der Waals surface area contributed by atoms with Crippen molar-refractivity contribution < 1.29 is 18.0 Å². The Balaban J connectivity index is 2.94. The summed E-state index contributed by atoms with van der Waals surface area (Å²) in [6, 6.07) is 0.630. The van der Waals surface area contributed by atoms with Gasteiger partial charge in [0.1, 0.15) is 12.1 Å². The first-order valence-electron chi connectivity index (χ1n) is 4.34. The van der Waals surface area contributed by atoms with Crippen LogP contribution in [-0.2, 0) is 11.2 Å². The second-order valence-electron chi connectivity index (χ2n) is 3.09. The lowest BCUT2D eigenvalue weighted by molar-refractivity contribution is -0.109. The van der Waals surface area contributed by atoms with E-state index in [1.807, 2.05) is 0 Å². The van der Waals surface area contributed by atoms with E-state index in [9.17, 15) is 18.0 Å². The fourth-order valence-corrected chi connectivity index (χ4v) is 1.18. The number of hydrogen-bond donors (Lipinski definition) is 1. The summed E-state index contributed by atoms with van der Waals surface area (Å²) in [4.78, 5) is 10.5. The van der Waals surface area contributed by atoms with Gasteiger partial charge in [0.2, 0.25) is 0 Å². The molecule has 0 bridgehead atoms. The molecule has 1 aromatic rings. The summed E-state index contributed by atoms with van der Waals surface area (Å²) >= 11 is 0. The number of carbonyl (C=O) groups excluding carboxylic acids is 1. The maximum atomic E-state index is 13.1. The lowest BCUT2D eigenvalue weighted by atomic mass is 10.0. The van der Waals surface area contributed by atoms with Crippen molar-refractivity contribution in [3.8, 4) is 0 Å². The summed E-state index contributed by atoms with van der Waals surface area (Å²) in [6.45, 7) is 0. The highest BCUT2D eigenvalue weighted by Gasteiger charge is 2.13. The molecule has 1 atom stereocenters. The topological polar surface area (TPSA) is 29.1 Å². The van der Waals surface area contributed by atoms with Gasteiger partial charge in [-0.05, 0) is 18.1 Å². The van der Waals surface area contributed by atoms with Gasteiger partial charge in [-0.15, -0.1) is 0 Å². The molecule has 0 aliphatic heterocycles. The molecule has 15 heavy (non-hydrogen) atoms. The summed E-state index contributed by atoms with van der Waals surface area (Å²) in [6.07, 6.45) is 0.573. The minimum atomic E-state index is -1.23. The number of nitrogens with one attached hydrogen (secondary N) is 1. The predicted octanol–water partition coefficient (Wildman–Crippen LogP) is 0.352. The monoisotopic (exact) mass is 215 g/mol. The van der Waals surface area contributed by atoms with Gasteiger partial charge >= 0.3 is 0 Å². The lowest BCUT2D eigenvalue weighted by Crippen LogP contribution is -2.30. The zero-order valence-electron chi connectivity index (χ0n) is 8.06. The second-order valence-corrected chi connectivity index (χ2v) is 3.09. The van der Waals surface area contributed by atoms with E-state index < -0.39 is 23.5 Å². The van der Waals surface area contributed by atoms with E-state index in [0.29, 0.717) is 12.4 Å². The van der Waals surface area contributed by atoms with Crippen LogP contribution in [-0.4, -0.2) is 20.3 Å². The first-order valence-corrected chi connectivity index (χ1v) is 4.34. The Morgan fingerprint density at radius 2 is 1.87 bits per heavy atom. The van der Waals surface area contributed by atoms with E-state index >= 15 is 0 Å². The van der Waals surface area contributed by atoms with Crippen molar-refractivity contribution in [1.29, 1.82) is 0 Å². The zero-order valence-corrected chi connectivity index (χ0v) is 8.06. The quantitative estimate of drug-likeness (QED) is 0.446. The summed E-state index contributed by atoms with van der Waals surface area (Å²) in [7, 11) is 1.52. The van der Waals surface area contributed by atoms with Crippen molar-refractivity contribution >= 4 is 14.3 Å². The molecule has 1 rings (SSSR count). The van der Waals surface area contributed by atoms with Crippen molar-refractivity contribution in [3.05, 3.63) is 35.1 Å². The smallest absolute Gasteiger partial charge is 0.182 e. The van der Waals surface area contributed by atoms with Gasteiger partial charge in [-0.2, -0.15) is 0 Å². The molecule has 0 aromatic heterocycles. The molecular weight excluding hydrogens is 206 g/mol. The SMILES string of the molecule is BN[C@@H](C=O)Cc1cc(F)c(F)cc1F. The molecule has 6 heteroatoms. The molecule has 0 radical (unpaired) electrons. The van der Waals surface area contributed by atoms with Crippen LogP contribution in [0.3, 0.4) is 0 Å². The average Bonchev–Trinajstić information content (AvgIpc) is 2.21. The van der Waals surface area contributed by atoms with E-state index in [1.165, 1.54) is 7.98 Å². The first kappa shape index (κ1) is 11.8. The molecule has 1 aromatic carbocycles. The Hall–Kier alpha value is -1.30. The van der Waals surface area contributed by atoms with Crippen molar-refractivity contribution in [2.24, 2.45) is 0 Å². The van der Waals surface area contributed by atoms with Crippen LogP contribution >= 0.6 is 0 Å². The van der Waals surface area contributed by atoms with E-state index in [-0.39, 0.29) is 12.0 Å².